The molecule has 1 saturated carbocycles. The van der Waals surface area contributed by atoms with Gasteiger partial charge < -0.3 is 5.32 Å². The number of anilines is 2. The summed E-state index contributed by atoms with van der Waals surface area (Å²) in [5.74, 6) is -5.84. The van der Waals surface area contributed by atoms with Crippen molar-refractivity contribution >= 4 is 33.3 Å². The van der Waals surface area contributed by atoms with Crippen LogP contribution in [0, 0.1) is 24.1 Å². The molecule has 0 spiro atoms. The predicted octanol–water partition coefficient (Wildman–Crippen LogP) is 4.00. The number of alkyl halides is 2. The molecule has 2 heterocycles. The molecule has 2 aromatic carbocycles. The fraction of sp³-hybridized carbons (Fsp3) is 0.310. The maximum Gasteiger partial charge on any atom is 0.252 e. The molecule has 9 nitrogen and oxygen atoms in total. The predicted molar refractivity (Wildman–Crippen MR) is 148 cm³/mol. The Bertz CT molecular complexity index is 1690. The molecular weight excluding hydrogens is 571 g/mol. The van der Waals surface area contributed by atoms with Crippen molar-refractivity contribution in [3.63, 3.8) is 0 Å². The summed E-state index contributed by atoms with van der Waals surface area (Å²) in [4.78, 5) is 33.5. The van der Waals surface area contributed by atoms with Crippen LogP contribution in [0.5, 0.6) is 0 Å². The third-order valence-corrected chi connectivity index (χ3v) is 9.16. The van der Waals surface area contributed by atoms with Crippen LogP contribution < -0.4 is 14.5 Å². The third kappa shape index (κ3) is 5.67. The van der Waals surface area contributed by atoms with Crippen molar-refractivity contribution < 1.29 is 31.2 Å². The summed E-state index contributed by atoms with van der Waals surface area (Å²) < 4.78 is 69.0. The average molecular weight is 598 g/mol. The molecule has 1 aliphatic heterocycles. The Balaban J connectivity index is 1.63. The second-order valence-corrected chi connectivity index (χ2v) is 12.3. The summed E-state index contributed by atoms with van der Waals surface area (Å²) in [6.07, 6.45) is -0.0701. The Morgan fingerprint density at radius 3 is 2.55 bits per heavy atom. The lowest BCUT2D eigenvalue weighted by Crippen LogP contribution is -2.56. The zero-order valence-electron chi connectivity index (χ0n) is 22.4. The smallest absolute Gasteiger partial charge is 0.252 e. The maximum atomic E-state index is 14.6. The number of carbonyl (C=O) groups excluding carboxylic acids is 2. The number of hydrogen-bond donors (Lipinski definition) is 1. The second kappa shape index (κ2) is 11.1. The van der Waals surface area contributed by atoms with E-state index in [0.29, 0.717) is 11.1 Å². The highest BCUT2D eigenvalue weighted by atomic mass is 32.2. The molecule has 5 rings (SSSR count). The van der Waals surface area contributed by atoms with Crippen LogP contribution in [0.2, 0.25) is 0 Å². The second-order valence-electron chi connectivity index (χ2n) is 10.3. The van der Waals surface area contributed by atoms with Crippen LogP contribution >= 0.6 is 0 Å². The van der Waals surface area contributed by atoms with Crippen LogP contribution in [-0.2, 0) is 19.6 Å². The SMILES string of the molecule is Cc1ccccc1C(C(=O)NC1CC(F)(F)C1)N(C(=O)[C@@H]1CCS(=O)(=O)N1c1cc(C#N)ccn1)c1cccc(F)c1. The van der Waals surface area contributed by atoms with Crippen molar-refractivity contribution in [3.05, 3.63) is 89.4 Å². The Kier molecular flexibility index (Phi) is 7.68. The van der Waals surface area contributed by atoms with Gasteiger partial charge in [0.25, 0.3) is 11.8 Å². The molecule has 1 saturated heterocycles. The largest absolute Gasteiger partial charge is 0.351 e. The molecule has 218 valence electrons. The van der Waals surface area contributed by atoms with Crippen molar-refractivity contribution in [3.8, 4) is 6.07 Å². The van der Waals surface area contributed by atoms with Gasteiger partial charge in [0.1, 0.15) is 23.7 Å². The number of hydrogen-bond acceptors (Lipinski definition) is 6. The standard InChI is InChI=1S/C29H26F3N5O4S/c1-18-5-2-3-8-23(18)26(27(38)35-21-15-29(31,32)16-21)36(22-7-4-6-20(30)14-22)28(39)24-10-12-42(40,41)37(24)25-13-19(17-33)9-11-34-25/h2-9,11,13-14,21,24,26H,10,12,15-16H2,1H3,(H,35,38)/t24-,26?/m0/s1. The number of rotatable bonds is 7. The van der Waals surface area contributed by atoms with Crippen molar-refractivity contribution in [2.24, 2.45) is 0 Å². The molecule has 2 amide bonds. The van der Waals surface area contributed by atoms with E-state index in [1.807, 2.05) is 6.07 Å². The molecule has 1 N–H and O–H groups in total. The molecule has 1 aliphatic carbocycles. The lowest BCUT2D eigenvalue weighted by atomic mass is 9.87. The molecule has 2 atom stereocenters. The first-order chi connectivity index (χ1) is 19.9. The zero-order chi connectivity index (χ0) is 30.2. The summed E-state index contributed by atoms with van der Waals surface area (Å²) in [6, 6.07) is 12.4. The third-order valence-electron chi connectivity index (χ3n) is 7.37. The number of nitriles is 1. The van der Waals surface area contributed by atoms with Crippen molar-refractivity contribution in [1.82, 2.24) is 10.3 Å². The molecule has 1 unspecified atom stereocenters. The van der Waals surface area contributed by atoms with E-state index >= 15 is 0 Å². The minimum atomic E-state index is -4.07. The zero-order valence-corrected chi connectivity index (χ0v) is 23.2. The number of benzene rings is 2. The number of aromatic nitrogens is 1. The maximum absolute atomic E-state index is 14.6. The number of halogens is 3. The minimum Gasteiger partial charge on any atom is -0.351 e. The number of carbonyl (C=O) groups is 2. The number of amides is 2. The van der Waals surface area contributed by atoms with Gasteiger partial charge in [0.2, 0.25) is 15.9 Å². The molecule has 0 radical (unpaired) electrons. The van der Waals surface area contributed by atoms with Gasteiger partial charge in [-0.05, 0) is 54.8 Å². The van der Waals surface area contributed by atoms with Gasteiger partial charge in [-0.15, -0.1) is 0 Å². The van der Waals surface area contributed by atoms with E-state index in [1.54, 1.807) is 31.2 Å². The van der Waals surface area contributed by atoms with Crippen LogP contribution in [0.3, 0.4) is 0 Å². The van der Waals surface area contributed by atoms with E-state index in [4.69, 9.17) is 0 Å². The van der Waals surface area contributed by atoms with Crippen LogP contribution in [-0.4, -0.2) is 49.0 Å². The molecule has 1 aromatic heterocycles. The molecule has 2 aliphatic rings. The Labute approximate surface area is 240 Å². The molecule has 13 heteroatoms. The normalized spacial score (nSPS) is 19.8. The van der Waals surface area contributed by atoms with Gasteiger partial charge in [0, 0.05) is 30.8 Å². The van der Waals surface area contributed by atoms with Crippen LogP contribution in [0.4, 0.5) is 24.7 Å². The highest BCUT2D eigenvalue weighted by molar-refractivity contribution is 7.93. The van der Waals surface area contributed by atoms with E-state index in [2.05, 4.69) is 10.3 Å². The molecular formula is C29H26F3N5O4S. The Hall–Kier alpha value is -4.44. The van der Waals surface area contributed by atoms with Gasteiger partial charge in [-0.1, -0.05) is 30.3 Å². The van der Waals surface area contributed by atoms with Gasteiger partial charge in [0.05, 0.1) is 17.4 Å². The minimum absolute atomic E-state index is 0.0367. The van der Waals surface area contributed by atoms with Crippen molar-refractivity contribution in [1.29, 1.82) is 5.26 Å². The first-order valence-electron chi connectivity index (χ1n) is 13.1. The molecule has 3 aromatic rings. The van der Waals surface area contributed by atoms with Crippen LogP contribution in [0.1, 0.15) is 42.0 Å². The number of nitrogens with zero attached hydrogens (tertiary/aromatic N) is 4. The molecule has 2 fully saturated rings. The average Bonchev–Trinajstić information content (AvgIpc) is 3.25. The number of sulfonamides is 1. The number of nitrogens with one attached hydrogen (secondary N) is 1. The fourth-order valence-corrected chi connectivity index (χ4v) is 7.02. The summed E-state index contributed by atoms with van der Waals surface area (Å²) in [6.45, 7) is 1.70. The van der Waals surface area contributed by atoms with Gasteiger partial charge in [-0.25, -0.2) is 30.9 Å². The lowest BCUT2D eigenvalue weighted by molar-refractivity contribution is -0.133. The summed E-state index contributed by atoms with van der Waals surface area (Å²) in [5.41, 5.74) is 1.01. The molecule has 0 bridgehead atoms. The number of aryl methyl sites for hydroxylation is 1. The first-order valence-corrected chi connectivity index (χ1v) is 14.7. The summed E-state index contributed by atoms with van der Waals surface area (Å²) >= 11 is 0. The van der Waals surface area contributed by atoms with E-state index in [9.17, 15) is 36.4 Å². The van der Waals surface area contributed by atoms with Gasteiger partial charge in [-0.2, -0.15) is 5.26 Å². The monoisotopic (exact) mass is 597 g/mol. The van der Waals surface area contributed by atoms with Gasteiger partial charge >= 0.3 is 0 Å². The van der Waals surface area contributed by atoms with Crippen molar-refractivity contribution in [2.75, 3.05) is 15.0 Å². The number of pyridine rings is 1. The van der Waals surface area contributed by atoms with Gasteiger partial charge in [0.15, 0.2) is 0 Å². The highest BCUT2D eigenvalue weighted by Gasteiger charge is 2.49. The van der Waals surface area contributed by atoms with Gasteiger partial charge in [-0.3, -0.25) is 14.5 Å². The van der Waals surface area contributed by atoms with E-state index < -0.39 is 70.3 Å². The highest BCUT2D eigenvalue weighted by Crippen LogP contribution is 2.39. The lowest BCUT2D eigenvalue weighted by Gasteiger charge is -2.39. The first kappa shape index (κ1) is 29.1. The van der Waals surface area contributed by atoms with Crippen LogP contribution in [0.15, 0.2) is 66.9 Å². The van der Waals surface area contributed by atoms with E-state index in [0.717, 1.165) is 21.3 Å². The van der Waals surface area contributed by atoms with Crippen molar-refractivity contribution in [2.45, 2.75) is 50.2 Å². The quantitative estimate of drug-likeness (QED) is 0.439. The summed E-state index contributed by atoms with van der Waals surface area (Å²) in [5, 5.41) is 11.9. The Morgan fingerprint density at radius 2 is 1.88 bits per heavy atom. The molecule has 42 heavy (non-hydrogen) atoms. The van der Waals surface area contributed by atoms with E-state index in [1.165, 1.54) is 30.5 Å². The fourth-order valence-electron chi connectivity index (χ4n) is 5.33. The van der Waals surface area contributed by atoms with E-state index in [-0.39, 0.29) is 23.5 Å². The summed E-state index contributed by atoms with van der Waals surface area (Å²) in [7, 11) is -4.07. The van der Waals surface area contributed by atoms with Crippen LogP contribution in [0.25, 0.3) is 0 Å². The topological polar surface area (TPSA) is 123 Å². The Morgan fingerprint density at radius 1 is 1.14 bits per heavy atom.